The number of carbonyl (C=O) groups is 1. The average Bonchev–Trinajstić information content (AvgIpc) is 3.04. The highest BCUT2D eigenvalue weighted by Crippen LogP contribution is 2.20. The van der Waals surface area contributed by atoms with Crippen molar-refractivity contribution in [2.75, 3.05) is 12.3 Å². The minimum Gasteiger partial charge on any atom is -0.444 e. The summed E-state index contributed by atoms with van der Waals surface area (Å²) in [4.78, 5) is 16.5. The van der Waals surface area contributed by atoms with E-state index in [-0.39, 0.29) is 18.3 Å². The monoisotopic (exact) mass is 381 g/mol. The van der Waals surface area contributed by atoms with Gasteiger partial charge < -0.3 is 15.1 Å². The summed E-state index contributed by atoms with van der Waals surface area (Å²) in [7, 11) is 0. The lowest BCUT2D eigenvalue weighted by Crippen LogP contribution is -2.47. The van der Waals surface area contributed by atoms with Crippen molar-refractivity contribution in [3.63, 3.8) is 0 Å². The Bertz CT molecular complexity index is 665. The van der Waals surface area contributed by atoms with Crippen LogP contribution in [0.25, 0.3) is 11.5 Å². The second-order valence-electron chi connectivity index (χ2n) is 6.15. The van der Waals surface area contributed by atoms with Crippen LogP contribution in [0.2, 0.25) is 0 Å². The van der Waals surface area contributed by atoms with Crippen LogP contribution in [0.3, 0.4) is 0 Å². The van der Waals surface area contributed by atoms with Crippen LogP contribution < -0.4 is 10.6 Å². The molecule has 3 rings (SSSR count). The fourth-order valence-electron chi connectivity index (χ4n) is 2.87. The Labute approximate surface area is 158 Å². The fraction of sp³-hybridized carbons (Fsp3) is 0.444. The average molecular weight is 382 g/mol. The third-order valence-electron chi connectivity index (χ3n) is 4.04. The van der Waals surface area contributed by atoms with E-state index >= 15 is 0 Å². The Kier molecular flexibility index (Phi) is 7.81. The fourth-order valence-corrected chi connectivity index (χ4v) is 3.58. The van der Waals surface area contributed by atoms with Crippen molar-refractivity contribution >= 4 is 30.1 Å². The van der Waals surface area contributed by atoms with Gasteiger partial charge in [0.25, 0.3) is 0 Å². The van der Waals surface area contributed by atoms with Crippen molar-refractivity contribution < 1.29 is 9.21 Å². The molecule has 2 heterocycles. The summed E-state index contributed by atoms with van der Waals surface area (Å²) in [5.74, 6) is 1.85. The van der Waals surface area contributed by atoms with Crippen LogP contribution in [-0.2, 0) is 10.5 Å². The zero-order valence-corrected chi connectivity index (χ0v) is 15.9. The molecular formula is C18H24ClN3O2S. The van der Waals surface area contributed by atoms with Gasteiger partial charge in [0.2, 0.25) is 11.8 Å². The van der Waals surface area contributed by atoms with Crippen LogP contribution >= 0.6 is 24.2 Å². The zero-order chi connectivity index (χ0) is 16.8. The lowest BCUT2D eigenvalue weighted by Gasteiger charge is -2.28. The molecule has 0 spiro atoms. The maximum Gasteiger partial charge on any atom is 0.230 e. The third kappa shape index (κ3) is 6.06. The van der Waals surface area contributed by atoms with Crippen molar-refractivity contribution in [3.05, 3.63) is 42.3 Å². The van der Waals surface area contributed by atoms with E-state index in [1.165, 1.54) is 0 Å². The number of carbonyl (C=O) groups excluding carboxylic acids is 1. The van der Waals surface area contributed by atoms with Crippen LogP contribution in [0.5, 0.6) is 0 Å². The molecule has 2 unspecified atom stereocenters. The predicted octanol–water partition coefficient (Wildman–Crippen LogP) is 3.25. The van der Waals surface area contributed by atoms with E-state index in [1.807, 2.05) is 30.3 Å². The third-order valence-corrected chi connectivity index (χ3v) is 5.01. The number of rotatable bonds is 6. The molecule has 2 aromatic rings. The van der Waals surface area contributed by atoms with E-state index in [9.17, 15) is 4.79 Å². The molecule has 1 aromatic carbocycles. The molecule has 0 aliphatic carbocycles. The summed E-state index contributed by atoms with van der Waals surface area (Å²) >= 11 is 1.56. The van der Waals surface area contributed by atoms with Crippen molar-refractivity contribution in [2.45, 2.75) is 37.6 Å². The SMILES string of the molecule is CC1CC(NC(=O)CSCc2coc(-c3ccccc3)n2)CCN1.Cl. The predicted molar refractivity (Wildman–Crippen MR) is 104 cm³/mol. The first kappa shape index (κ1) is 19.8. The highest BCUT2D eigenvalue weighted by Gasteiger charge is 2.19. The number of nitrogens with one attached hydrogen (secondary N) is 2. The van der Waals surface area contributed by atoms with Crippen LogP contribution in [0.1, 0.15) is 25.5 Å². The van der Waals surface area contributed by atoms with E-state index < -0.39 is 0 Å². The van der Waals surface area contributed by atoms with Gasteiger partial charge in [-0.25, -0.2) is 4.98 Å². The Balaban J connectivity index is 0.00000225. The summed E-state index contributed by atoms with van der Waals surface area (Å²) in [5.41, 5.74) is 1.83. The molecule has 1 aliphatic rings. The van der Waals surface area contributed by atoms with Crippen LogP contribution in [0, 0.1) is 0 Å². The molecule has 136 valence electrons. The summed E-state index contributed by atoms with van der Waals surface area (Å²) in [6, 6.07) is 10.6. The Morgan fingerprint density at radius 2 is 2.20 bits per heavy atom. The molecule has 0 radical (unpaired) electrons. The number of halogens is 1. The van der Waals surface area contributed by atoms with Crippen LogP contribution in [-0.4, -0.2) is 35.3 Å². The molecular weight excluding hydrogens is 358 g/mol. The lowest BCUT2D eigenvalue weighted by molar-refractivity contribution is -0.119. The standard InChI is InChI=1S/C18H23N3O2S.ClH/c1-13-9-15(7-8-19-13)20-17(22)12-24-11-16-10-23-18(21-16)14-5-3-2-4-6-14;/h2-6,10,13,15,19H,7-9,11-12H2,1H3,(H,20,22);1H. The number of aromatic nitrogens is 1. The molecule has 1 aromatic heterocycles. The van der Waals surface area contributed by atoms with E-state index in [0.717, 1.165) is 30.6 Å². The quantitative estimate of drug-likeness (QED) is 0.803. The van der Waals surface area contributed by atoms with Gasteiger partial charge >= 0.3 is 0 Å². The van der Waals surface area contributed by atoms with E-state index in [1.54, 1.807) is 18.0 Å². The minimum atomic E-state index is 0. The molecule has 2 N–H and O–H groups in total. The Hall–Kier alpha value is -1.50. The molecule has 1 saturated heterocycles. The molecule has 1 aliphatic heterocycles. The number of amides is 1. The lowest BCUT2D eigenvalue weighted by atomic mass is 10.0. The first-order chi connectivity index (χ1) is 11.7. The van der Waals surface area contributed by atoms with Crippen molar-refractivity contribution in [1.29, 1.82) is 0 Å². The number of hydrogen-bond acceptors (Lipinski definition) is 5. The van der Waals surface area contributed by atoms with Gasteiger partial charge in [-0.15, -0.1) is 24.2 Å². The van der Waals surface area contributed by atoms with Crippen molar-refractivity contribution in [3.8, 4) is 11.5 Å². The normalized spacial score (nSPS) is 19.9. The molecule has 5 nitrogen and oxygen atoms in total. The number of benzene rings is 1. The molecule has 7 heteroatoms. The molecule has 1 amide bonds. The summed E-state index contributed by atoms with van der Waals surface area (Å²) < 4.78 is 5.51. The maximum absolute atomic E-state index is 12.0. The van der Waals surface area contributed by atoms with Gasteiger partial charge in [-0.05, 0) is 38.4 Å². The maximum atomic E-state index is 12.0. The van der Waals surface area contributed by atoms with Gasteiger partial charge in [0, 0.05) is 23.4 Å². The molecule has 0 bridgehead atoms. The number of thioether (sulfide) groups is 1. The van der Waals surface area contributed by atoms with Gasteiger partial charge in [0.1, 0.15) is 6.26 Å². The number of piperidine rings is 1. The number of nitrogens with zero attached hydrogens (tertiary/aromatic N) is 1. The van der Waals surface area contributed by atoms with Crippen LogP contribution in [0.15, 0.2) is 41.0 Å². The first-order valence-electron chi connectivity index (χ1n) is 8.31. The molecule has 2 atom stereocenters. The zero-order valence-electron chi connectivity index (χ0n) is 14.2. The molecule has 1 fully saturated rings. The van der Waals surface area contributed by atoms with Gasteiger partial charge in [-0.2, -0.15) is 0 Å². The molecule has 25 heavy (non-hydrogen) atoms. The van der Waals surface area contributed by atoms with Gasteiger partial charge in [-0.1, -0.05) is 18.2 Å². The minimum absolute atomic E-state index is 0. The van der Waals surface area contributed by atoms with E-state index in [4.69, 9.17) is 4.42 Å². The number of oxazole rings is 1. The van der Waals surface area contributed by atoms with E-state index in [2.05, 4.69) is 22.5 Å². The molecule has 0 saturated carbocycles. The first-order valence-corrected chi connectivity index (χ1v) is 9.46. The summed E-state index contributed by atoms with van der Waals surface area (Å²) in [6.45, 7) is 3.13. The van der Waals surface area contributed by atoms with Gasteiger partial charge in [-0.3, -0.25) is 4.79 Å². The second kappa shape index (κ2) is 9.85. The highest BCUT2D eigenvalue weighted by molar-refractivity contribution is 7.99. The Morgan fingerprint density at radius 3 is 2.96 bits per heavy atom. The van der Waals surface area contributed by atoms with E-state index in [0.29, 0.717) is 29.5 Å². The second-order valence-corrected chi connectivity index (χ2v) is 7.13. The van der Waals surface area contributed by atoms with Crippen LogP contribution in [0.4, 0.5) is 0 Å². The number of hydrogen-bond donors (Lipinski definition) is 2. The summed E-state index contributed by atoms with van der Waals surface area (Å²) in [5, 5.41) is 6.51. The highest BCUT2D eigenvalue weighted by atomic mass is 35.5. The topological polar surface area (TPSA) is 67.2 Å². The van der Waals surface area contributed by atoms with Crippen molar-refractivity contribution in [2.24, 2.45) is 0 Å². The van der Waals surface area contributed by atoms with Gasteiger partial charge in [0.05, 0.1) is 11.4 Å². The largest absolute Gasteiger partial charge is 0.444 e. The van der Waals surface area contributed by atoms with Crippen molar-refractivity contribution in [1.82, 2.24) is 15.6 Å². The van der Waals surface area contributed by atoms with Gasteiger partial charge in [0.15, 0.2) is 0 Å². The Morgan fingerprint density at radius 1 is 1.40 bits per heavy atom. The smallest absolute Gasteiger partial charge is 0.230 e. The summed E-state index contributed by atoms with van der Waals surface area (Å²) in [6.07, 6.45) is 3.67.